The van der Waals surface area contributed by atoms with Crippen LogP contribution in [0.1, 0.15) is 31.5 Å². The Hall–Kier alpha value is -0.900. The van der Waals surface area contributed by atoms with Crippen LogP contribution >= 0.6 is 35.3 Å². The topological polar surface area (TPSA) is 60.8 Å². The van der Waals surface area contributed by atoms with Crippen LogP contribution in [0.2, 0.25) is 0 Å². The van der Waals surface area contributed by atoms with E-state index in [1.165, 1.54) is 0 Å². The van der Waals surface area contributed by atoms with Gasteiger partial charge in [0.15, 0.2) is 5.96 Å². The van der Waals surface area contributed by atoms with Crippen molar-refractivity contribution in [2.45, 2.75) is 34.1 Å². The fraction of sp³-hybridized carbons (Fsp3) is 0.688. The Kier molecular flexibility index (Phi) is 12.0. The van der Waals surface area contributed by atoms with Crippen molar-refractivity contribution in [2.24, 2.45) is 4.99 Å². The average molecular weight is 467 g/mol. The van der Waals surface area contributed by atoms with E-state index in [4.69, 9.17) is 0 Å². The van der Waals surface area contributed by atoms with Crippen LogP contribution in [0.4, 0.5) is 0 Å². The van der Waals surface area contributed by atoms with E-state index in [1.807, 2.05) is 44.5 Å². The summed E-state index contributed by atoms with van der Waals surface area (Å²) in [6, 6.07) is 0. The van der Waals surface area contributed by atoms with Crippen LogP contribution in [0.15, 0.2) is 10.4 Å². The third-order valence-corrected chi connectivity index (χ3v) is 4.30. The van der Waals surface area contributed by atoms with Crippen molar-refractivity contribution in [1.29, 1.82) is 0 Å². The Labute approximate surface area is 166 Å². The zero-order valence-corrected chi connectivity index (χ0v) is 18.5. The molecule has 0 aliphatic heterocycles. The molecular formula is C16H30IN5OS. The van der Waals surface area contributed by atoms with Crippen molar-refractivity contribution in [3.05, 3.63) is 16.1 Å². The number of rotatable bonds is 8. The number of aromatic nitrogens is 1. The zero-order valence-electron chi connectivity index (χ0n) is 15.3. The summed E-state index contributed by atoms with van der Waals surface area (Å²) in [5, 5.41) is 6.40. The molecule has 1 N–H and O–H groups in total. The molecule has 1 rings (SSSR count). The molecule has 0 spiro atoms. The maximum absolute atomic E-state index is 12.2. The van der Waals surface area contributed by atoms with E-state index in [-0.39, 0.29) is 29.9 Å². The molecule has 0 aliphatic rings. The number of likely N-dealkylation sites (N-methyl/N-ethyl adjacent to an activating group) is 2. The molecule has 0 aliphatic carbocycles. The monoisotopic (exact) mass is 467 g/mol. The molecule has 1 amide bonds. The van der Waals surface area contributed by atoms with Crippen LogP contribution < -0.4 is 5.32 Å². The number of guanidine groups is 1. The number of hydrogen-bond acceptors (Lipinski definition) is 4. The van der Waals surface area contributed by atoms with Gasteiger partial charge in [-0.25, -0.2) is 4.98 Å². The van der Waals surface area contributed by atoms with E-state index in [1.54, 1.807) is 11.3 Å². The van der Waals surface area contributed by atoms with Gasteiger partial charge in [-0.2, -0.15) is 0 Å². The first-order valence-electron chi connectivity index (χ1n) is 8.19. The number of nitrogens with one attached hydrogen (secondary N) is 1. The number of thiazole rings is 1. The van der Waals surface area contributed by atoms with Crippen molar-refractivity contribution in [3.63, 3.8) is 0 Å². The van der Waals surface area contributed by atoms with Crippen LogP contribution in [0.5, 0.6) is 0 Å². The number of aliphatic imine (C=N–C) groups is 1. The summed E-state index contributed by atoms with van der Waals surface area (Å²) in [5.41, 5.74) is 1.08. The molecule has 1 aromatic heterocycles. The minimum atomic E-state index is 0. The molecule has 1 heterocycles. The standard InChI is InChI=1S/C16H29N5OS.HI/c1-6-17-16(18-10-9-14-12-23-13(4)19-14)20(5)11-15(22)21(7-2)8-3;/h12H,6-11H2,1-5H3,(H,17,18);1H. The number of hydrogen-bond donors (Lipinski definition) is 1. The van der Waals surface area contributed by atoms with Gasteiger partial charge in [-0.3, -0.25) is 9.79 Å². The lowest BCUT2D eigenvalue weighted by molar-refractivity contribution is -0.131. The number of carbonyl (C=O) groups is 1. The summed E-state index contributed by atoms with van der Waals surface area (Å²) in [5.74, 6) is 0.887. The summed E-state index contributed by atoms with van der Waals surface area (Å²) in [4.78, 5) is 25.0. The summed E-state index contributed by atoms with van der Waals surface area (Å²) in [6.45, 7) is 11.3. The Morgan fingerprint density at radius 3 is 2.50 bits per heavy atom. The quantitative estimate of drug-likeness (QED) is 0.363. The largest absolute Gasteiger partial charge is 0.357 e. The first-order chi connectivity index (χ1) is 11.0. The summed E-state index contributed by atoms with van der Waals surface area (Å²) in [6.07, 6.45) is 0.817. The molecule has 0 bridgehead atoms. The van der Waals surface area contributed by atoms with E-state index in [0.717, 1.165) is 42.7 Å². The molecule has 0 unspecified atom stereocenters. The van der Waals surface area contributed by atoms with Gasteiger partial charge < -0.3 is 15.1 Å². The number of nitrogens with zero attached hydrogens (tertiary/aromatic N) is 4. The normalized spacial score (nSPS) is 11.0. The minimum Gasteiger partial charge on any atom is -0.357 e. The van der Waals surface area contributed by atoms with Gasteiger partial charge in [0.2, 0.25) is 5.91 Å². The predicted octanol–water partition coefficient (Wildman–Crippen LogP) is 2.38. The number of halogens is 1. The molecule has 0 fully saturated rings. The lowest BCUT2D eigenvalue weighted by Gasteiger charge is -2.25. The highest BCUT2D eigenvalue weighted by Crippen LogP contribution is 2.08. The average Bonchev–Trinajstić information content (AvgIpc) is 2.93. The minimum absolute atomic E-state index is 0. The number of carbonyl (C=O) groups excluding carboxylic acids is 1. The molecule has 0 atom stereocenters. The first kappa shape index (κ1) is 23.1. The second-order valence-electron chi connectivity index (χ2n) is 5.27. The highest BCUT2D eigenvalue weighted by atomic mass is 127. The lowest BCUT2D eigenvalue weighted by atomic mass is 10.3. The van der Waals surface area contributed by atoms with Crippen molar-refractivity contribution in [1.82, 2.24) is 20.1 Å². The van der Waals surface area contributed by atoms with Crippen molar-refractivity contribution in [3.8, 4) is 0 Å². The maximum atomic E-state index is 12.2. The van der Waals surface area contributed by atoms with Crippen molar-refractivity contribution < 1.29 is 4.79 Å². The smallest absolute Gasteiger partial charge is 0.242 e. The molecule has 1 aromatic rings. The Morgan fingerprint density at radius 2 is 2.00 bits per heavy atom. The SMILES string of the molecule is CCNC(=NCCc1csc(C)n1)N(C)CC(=O)N(CC)CC.I. The molecule has 0 saturated carbocycles. The van der Waals surface area contributed by atoms with Gasteiger partial charge in [-0.15, -0.1) is 35.3 Å². The molecule has 6 nitrogen and oxygen atoms in total. The highest BCUT2D eigenvalue weighted by Gasteiger charge is 2.14. The molecule has 0 saturated heterocycles. The van der Waals surface area contributed by atoms with Gasteiger partial charge >= 0.3 is 0 Å². The van der Waals surface area contributed by atoms with Gasteiger partial charge in [0.05, 0.1) is 17.2 Å². The molecule has 138 valence electrons. The zero-order chi connectivity index (χ0) is 17.2. The fourth-order valence-corrected chi connectivity index (χ4v) is 2.87. The van der Waals surface area contributed by atoms with Crippen LogP contribution in [0.25, 0.3) is 0 Å². The molecule has 8 heteroatoms. The second kappa shape index (κ2) is 12.5. The van der Waals surface area contributed by atoms with Crippen LogP contribution in [0, 0.1) is 6.92 Å². The Morgan fingerprint density at radius 1 is 1.33 bits per heavy atom. The molecule has 24 heavy (non-hydrogen) atoms. The van der Waals surface area contributed by atoms with Gasteiger partial charge in [-0.05, 0) is 27.7 Å². The van der Waals surface area contributed by atoms with Crippen molar-refractivity contribution >= 4 is 47.2 Å². The van der Waals surface area contributed by atoms with E-state index in [0.29, 0.717) is 13.1 Å². The van der Waals surface area contributed by atoms with Gasteiger partial charge in [0.25, 0.3) is 0 Å². The Balaban J connectivity index is 0.00000529. The van der Waals surface area contributed by atoms with Crippen LogP contribution in [-0.4, -0.2) is 66.4 Å². The first-order valence-corrected chi connectivity index (χ1v) is 9.07. The summed E-state index contributed by atoms with van der Waals surface area (Å²) < 4.78 is 0. The van der Waals surface area contributed by atoms with E-state index >= 15 is 0 Å². The molecular weight excluding hydrogens is 437 g/mol. The van der Waals surface area contributed by atoms with E-state index in [2.05, 4.69) is 20.7 Å². The van der Waals surface area contributed by atoms with E-state index in [9.17, 15) is 4.79 Å². The summed E-state index contributed by atoms with van der Waals surface area (Å²) >= 11 is 1.66. The lowest BCUT2D eigenvalue weighted by Crippen LogP contribution is -2.45. The second-order valence-corrected chi connectivity index (χ2v) is 6.33. The predicted molar refractivity (Wildman–Crippen MR) is 113 cm³/mol. The van der Waals surface area contributed by atoms with Gasteiger partial charge in [0.1, 0.15) is 0 Å². The van der Waals surface area contributed by atoms with Crippen molar-refractivity contribution in [2.75, 3.05) is 39.8 Å². The van der Waals surface area contributed by atoms with Gasteiger partial charge in [0, 0.05) is 45.0 Å². The van der Waals surface area contributed by atoms with Gasteiger partial charge in [-0.1, -0.05) is 0 Å². The third kappa shape index (κ3) is 7.78. The molecule has 0 aromatic carbocycles. The highest BCUT2D eigenvalue weighted by molar-refractivity contribution is 14.0. The number of amides is 1. The number of aryl methyl sites for hydroxylation is 1. The maximum Gasteiger partial charge on any atom is 0.242 e. The summed E-state index contributed by atoms with van der Waals surface area (Å²) in [7, 11) is 1.90. The third-order valence-electron chi connectivity index (χ3n) is 3.48. The Bertz CT molecular complexity index is 516. The van der Waals surface area contributed by atoms with Crippen LogP contribution in [0.3, 0.4) is 0 Å². The van der Waals surface area contributed by atoms with E-state index < -0.39 is 0 Å². The van der Waals surface area contributed by atoms with Crippen LogP contribution in [-0.2, 0) is 11.2 Å². The molecule has 0 radical (unpaired) electrons. The fourth-order valence-electron chi connectivity index (χ4n) is 2.22.